The molecule has 3 aliphatic rings. The van der Waals surface area contributed by atoms with Crippen LogP contribution in [0.4, 0.5) is 11.4 Å². The molecule has 4 aromatic rings. The van der Waals surface area contributed by atoms with Crippen LogP contribution >= 0.6 is 23.5 Å². The largest absolute Gasteiger partial charge is 0.496 e. The average molecular weight is 600 g/mol. The fourth-order valence-electron chi connectivity index (χ4n) is 5.97. The predicted molar refractivity (Wildman–Crippen MR) is 167 cm³/mol. The summed E-state index contributed by atoms with van der Waals surface area (Å²) in [5.74, 6) is 0.897. The summed E-state index contributed by atoms with van der Waals surface area (Å²) in [5.41, 5.74) is 4.36. The van der Waals surface area contributed by atoms with Crippen molar-refractivity contribution in [2.45, 2.75) is 44.7 Å². The number of aromatic amines is 1. The van der Waals surface area contributed by atoms with Gasteiger partial charge in [0.1, 0.15) is 11.9 Å². The smallest absolute Gasteiger partial charge is 0.249 e. The molecule has 2 atom stereocenters. The second-order valence-corrected chi connectivity index (χ2v) is 12.9. The van der Waals surface area contributed by atoms with Crippen molar-refractivity contribution < 1.29 is 9.47 Å². The molecular formula is C32H33N5O3S2. The highest BCUT2D eigenvalue weighted by molar-refractivity contribution is 8.05. The summed E-state index contributed by atoms with van der Waals surface area (Å²) in [6, 6.07) is 19.2. The number of methoxy groups -OCH3 is 1. The summed E-state index contributed by atoms with van der Waals surface area (Å²) in [6.07, 6.45) is 6.44. The number of morpholine rings is 1. The van der Waals surface area contributed by atoms with Crippen LogP contribution in [0.3, 0.4) is 0 Å². The van der Waals surface area contributed by atoms with Crippen molar-refractivity contribution in [1.82, 2.24) is 14.9 Å². The van der Waals surface area contributed by atoms with E-state index in [9.17, 15) is 4.79 Å². The topological polar surface area (TPSA) is 82.7 Å². The van der Waals surface area contributed by atoms with Gasteiger partial charge in [0.25, 0.3) is 0 Å². The van der Waals surface area contributed by atoms with E-state index in [1.807, 2.05) is 41.9 Å². The standard InChI is InChI=1S/C32H33N5O3S2/c1-39-26-8-10-33-17-21(26)18-36-12-9-23(19-36)35-22-5-6-28-30(15-22)41-29-4-2-3-25(32(29)42-28)27-20-37(13-14-40-27)24-7-11-34-31(38)16-24/h2-8,10-11,15-17,23,27,35H,9,12-14,18-20H2,1H3,(H,34,38). The molecule has 0 saturated carbocycles. The van der Waals surface area contributed by atoms with Gasteiger partial charge in [0.05, 0.1) is 13.7 Å². The highest BCUT2D eigenvalue weighted by Gasteiger charge is 2.29. The zero-order chi connectivity index (χ0) is 28.5. The molecule has 5 heterocycles. The Morgan fingerprint density at radius 3 is 2.93 bits per heavy atom. The Morgan fingerprint density at radius 2 is 2.02 bits per heavy atom. The molecule has 0 aliphatic carbocycles. The summed E-state index contributed by atoms with van der Waals surface area (Å²) in [7, 11) is 1.71. The zero-order valence-electron chi connectivity index (χ0n) is 23.4. The number of nitrogens with zero attached hydrogens (tertiary/aromatic N) is 3. The van der Waals surface area contributed by atoms with Gasteiger partial charge in [-0.15, -0.1) is 0 Å². The summed E-state index contributed by atoms with van der Waals surface area (Å²) in [4.78, 5) is 28.7. The van der Waals surface area contributed by atoms with Gasteiger partial charge in [-0.2, -0.15) is 0 Å². The molecular weight excluding hydrogens is 567 g/mol. The van der Waals surface area contributed by atoms with Gasteiger partial charge in [0.2, 0.25) is 5.56 Å². The Labute approximate surface area is 253 Å². The Bertz CT molecular complexity index is 1650. The molecule has 216 valence electrons. The normalized spacial score (nSPS) is 20.2. The first kappa shape index (κ1) is 27.4. The third kappa shape index (κ3) is 5.76. The monoisotopic (exact) mass is 599 g/mol. The lowest BCUT2D eigenvalue weighted by atomic mass is 10.1. The molecule has 0 spiro atoms. The van der Waals surface area contributed by atoms with Crippen LogP contribution in [0.15, 0.2) is 97.6 Å². The third-order valence-electron chi connectivity index (χ3n) is 8.04. The van der Waals surface area contributed by atoms with E-state index in [1.165, 1.54) is 25.1 Å². The first-order valence-corrected chi connectivity index (χ1v) is 15.9. The van der Waals surface area contributed by atoms with E-state index >= 15 is 0 Å². The number of benzene rings is 2. The summed E-state index contributed by atoms with van der Waals surface area (Å²) in [6.45, 7) is 4.98. The summed E-state index contributed by atoms with van der Waals surface area (Å²) in [5, 5.41) is 3.79. The minimum atomic E-state index is -0.0827. The minimum absolute atomic E-state index is 0.0551. The van der Waals surface area contributed by atoms with Crippen LogP contribution in [-0.4, -0.2) is 60.8 Å². The molecule has 10 heteroatoms. The molecule has 2 fully saturated rings. The Balaban J connectivity index is 1.02. The molecule has 2 saturated heterocycles. The quantitative estimate of drug-likeness (QED) is 0.246. The molecule has 2 unspecified atom stereocenters. The first-order valence-electron chi connectivity index (χ1n) is 14.3. The highest BCUT2D eigenvalue weighted by Crippen LogP contribution is 2.52. The van der Waals surface area contributed by atoms with E-state index in [1.54, 1.807) is 25.6 Å². The van der Waals surface area contributed by atoms with E-state index in [-0.39, 0.29) is 11.7 Å². The number of anilines is 2. The van der Waals surface area contributed by atoms with Crippen molar-refractivity contribution >= 4 is 34.9 Å². The van der Waals surface area contributed by atoms with Crippen molar-refractivity contribution in [3.05, 3.63) is 94.7 Å². The second-order valence-electron chi connectivity index (χ2n) is 10.8. The molecule has 3 aliphatic heterocycles. The number of ether oxygens (including phenoxy) is 2. The van der Waals surface area contributed by atoms with E-state index in [0.29, 0.717) is 19.2 Å². The van der Waals surface area contributed by atoms with Gasteiger partial charge in [-0.25, -0.2) is 0 Å². The van der Waals surface area contributed by atoms with Crippen LogP contribution in [0.25, 0.3) is 0 Å². The van der Waals surface area contributed by atoms with Crippen LogP contribution in [0.1, 0.15) is 23.7 Å². The molecule has 0 bridgehead atoms. The molecule has 8 nitrogen and oxygen atoms in total. The van der Waals surface area contributed by atoms with Gasteiger partial charge >= 0.3 is 0 Å². The molecule has 2 aromatic heterocycles. The van der Waals surface area contributed by atoms with Crippen molar-refractivity contribution in [3.8, 4) is 5.75 Å². The summed E-state index contributed by atoms with van der Waals surface area (Å²) >= 11 is 3.66. The van der Waals surface area contributed by atoms with Crippen LogP contribution < -0.4 is 20.5 Å². The van der Waals surface area contributed by atoms with Crippen LogP contribution in [0, 0.1) is 0 Å². The number of fused-ring (bicyclic) bond motifs is 2. The van der Waals surface area contributed by atoms with Gasteiger partial charge in [-0.1, -0.05) is 35.7 Å². The SMILES string of the molecule is COc1ccncc1CN1CCC(Nc2ccc3c(c2)Sc2cccc(C4CN(c5cc[nH]c(=O)c5)CCO4)c2S3)C1. The minimum Gasteiger partial charge on any atom is -0.496 e. The lowest BCUT2D eigenvalue weighted by Gasteiger charge is -2.36. The number of rotatable bonds is 7. The van der Waals surface area contributed by atoms with Crippen molar-refractivity contribution in [2.75, 3.05) is 50.1 Å². The van der Waals surface area contributed by atoms with Crippen LogP contribution in [0.5, 0.6) is 5.75 Å². The second kappa shape index (κ2) is 12.0. The van der Waals surface area contributed by atoms with Crippen molar-refractivity contribution in [2.24, 2.45) is 0 Å². The molecule has 42 heavy (non-hydrogen) atoms. The number of hydrogen-bond acceptors (Lipinski definition) is 9. The maximum atomic E-state index is 11.9. The number of hydrogen-bond donors (Lipinski definition) is 2. The van der Waals surface area contributed by atoms with Crippen molar-refractivity contribution in [1.29, 1.82) is 0 Å². The van der Waals surface area contributed by atoms with Gasteiger partial charge in [-0.05, 0) is 48.4 Å². The molecule has 0 radical (unpaired) electrons. The van der Waals surface area contributed by atoms with Crippen LogP contribution in [-0.2, 0) is 11.3 Å². The number of H-pyrrole nitrogens is 1. The van der Waals surface area contributed by atoms with Gasteiger partial charge in [-0.3, -0.25) is 14.7 Å². The third-order valence-corrected chi connectivity index (χ3v) is 10.6. The molecule has 7 rings (SSSR count). The fraction of sp³-hybridized carbons (Fsp3) is 0.312. The lowest BCUT2D eigenvalue weighted by Crippen LogP contribution is -2.39. The average Bonchev–Trinajstić information content (AvgIpc) is 3.46. The molecule has 0 amide bonds. The fourth-order valence-corrected chi connectivity index (χ4v) is 8.42. The van der Waals surface area contributed by atoms with E-state index in [4.69, 9.17) is 9.47 Å². The maximum absolute atomic E-state index is 11.9. The number of aromatic nitrogens is 2. The molecule has 2 N–H and O–H groups in total. The number of likely N-dealkylation sites (tertiary alicyclic amines) is 1. The zero-order valence-corrected chi connectivity index (χ0v) is 25.0. The Hall–Kier alpha value is -3.44. The molecule has 2 aromatic carbocycles. The number of nitrogens with one attached hydrogen (secondary N) is 2. The summed E-state index contributed by atoms with van der Waals surface area (Å²) < 4.78 is 11.8. The van der Waals surface area contributed by atoms with Gasteiger partial charge in [0, 0.05) is 99.9 Å². The van der Waals surface area contributed by atoms with E-state index in [0.717, 1.165) is 55.3 Å². The Morgan fingerprint density at radius 1 is 1.07 bits per heavy atom. The van der Waals surface area contributed by atoms with E-state index in [2.05, 4.69) is 61.5 Å². The van der Waals surface area contributed by atoms with Gasteiger partial charge in [0.15, 0.2) is 0 Å². The predicted octanol–water partition coefficient (Wildman–Crippen LogP) is 5.66. The van der Waals surface area contributed by atoms with E-state index < -0.39 is 0 Å². The lowest BCUT2D eigenvalue weighted by molar-refractivity contribution is 0.0379. The van der Waals surface area contributed by atoms with Crippen LogP contribution in [0.2, 0.25) is 0 Å². The maximum Gasteiger partial charge on any atom is 0.249 e. The van der Waals surface area contributed by atoms with Gasteiger partial charge < -0.3 is 24.7 Å². The highest BCUT2D eigenvalue weighted by atomic mass is 32.2. The van der Waals surface area contributed by atoms with Crippen molar-refractivity contribution in [3.63, 3.8) is 0 Å². The Kier molecular flexibility index (Phi) is 7.86. The number of pyridine rings is 2. The first-order chi connectivity index (χ1) is 20.6.